The van der Waals surface area contributed by atoms with E-state index in [1.54, 1.807) is 12.1 Å². The van der Waals surface area contributed by atoms with Crippen LogP contribution in [0.3, 0.4) is 0 Å². The smallest absolute Gasteiger partial charge is 0.257 e. The average molecular weight is 296 g/mol. The highest BCUT2D eigenvalue weighted by atomic mass is 35.5. The quantitative estimate of drug-likeness (QED) is 0.766. The molecule has 2 aromatic rings. The molecule has 3 nitrogen and oxygen atoms in total. The van der Waals surface area contributed by atoms with Crippen LogP contribution >= 0.6 is 23.4 Å². The van der Waals surface area contributed by atoms with Crippen molar-refractivity contribution in [3.05, 3.63) is 23.2 Å². The third kappa shape index (κ3) is 2.95. The summed E-state index contributed by atoms with van der Waals surface area (Å²) in [7, 11) is 0. The van der Waals surface area contributed by atoms with Gasteiger partial charge in [0.25, 0.3) is 5.22 Å². The van der Waals surface area contributed by atoms with E-state index in [0.29, 0.717) is 28.0 Å². The minimum Gasteiger partial charge on any atom is -0.431 e. The van der Waals surface area contributed by atoms with Gasteiger partial charge in [0.05, 0.1) is 5.25 Å². The second-order valence-corrected chi connectivity index (χ2v) is 6.35. The minimum absolute atomic E-state index is 0.00830. The number of oxazole rings is 1. The van der Waals surface area contributed by atoms with Gasteiger partial charge in [0, 0.05) is 17.5 Å². The molecule has 0 amide bonds. The Morgan fingerprint density at radius 3 is 3.11 bits per heavy atom. The molecule has 1 atom stereocenters. The zero-order valence-electron chi connectivity index (χ0n) is 10.4. The van der Waals surface area contributed by atoms with Gasteiger partial charge < -0.3 is 4.42 Å². The Morgan fingerprint density at radius 2 is 2.21 bits per heavy atom. The van der Waals surface area contributed by atoms with Crippen LogP contribution in [0, 0.1) is 0 Å². The van der Waals surface area contributed by atoms with Crippen molar-refractivity contribution in [2.75, 3.05) is 0 Å². The van der Waals surface area contributed by atoms with Gasteiger partial charge in [-0.25, -0.2) is 4.98 Å². The molecule has 1 aromatic carbocycles. The summed E-state index contributed by atoms with van der Waals surface area (Å²) in [6.45, 7) is 0. The molecule has 0 spiro atoms. The van der Waals surface area contributed by atoms with E-state index >= 15 is 0 Å². The van der Waals surface area contributed by atoms with Crippen LogP contribution in [0.1, 0.15) is 32.1 Å². The molecule has 0 N–H and O–H groups in total. The van der Waals surface area contributed by atoms with Gasteiger partial charge >= 0.3 is 0 Å². The third-order valence-corrected chi connectivity index (χ3v) is 4.72. The number of benzene rings is 1. The Balaban J connectivity index is 1.82. The number of nitrogens with zero attached hydrogens (tertiary/aromatic N) is 1. The topological polar surface area (TPSA) is 43.1 Å². The number of Topliss-reactive ketones (excluding diaryl/α,β-unsaturated/α-hetero) is 1. The molecule has 1 unspecified atom stereocenters. The number of hydrogen-bond donors (Lipinski definition) is 0. The van der Waals surface area contributed by atoms with Crippen molar-refractivity contribution in [2.24, 2.45) is 0 Å². The molecule has 1 aliphatic carbocycles. The Morgan fingerprint density at radius 1 is 1.32 bits per heavy atom. The van der Waals surface area contributed by atoms with Crippen molar-refractivity contribution in [3.63, 3.8) is 0 Å². The van der Waals surface area contributed by atoms with Gasteiger partial charge in [-0.15, -0.1) is 0 Å². The molecule has 0 radical (unpaired) electrons. The van der Waals surface area contributed by atoms with E-state index in [1.807, 2.05) is 6.07 Å². The second kappa shape index (κ2) is 5.55. The molecule has 1 aliphatic rings. The van der Waals surface area contributed by atoms with Crippen molar-refractivity contribution >= 4 is 40.2 Å². The first-order valence-electron chi connectivity index (χ1n) is 6.48. The average Bonchev–Trinajstić information content (AvgIpc) is 2.66. The summed E-state index contributed by atoms with van der Waals surface area (Å²) in [5, 5.41) is 1.19. The fraction of sp³-hybridized carbons (Fsp3) is 0.429. The number of thioether (sulfide) groups is 1. The molecule has 0 aliphatic heterocycles. The summed E-state index contributed by atoms with van der Waals surface area (Å²) in [5.41, 5.74) is 1.46. The number of rotatable bonds is 2. The molecule has 19 heavy (non-hydrogen) atoms. The normalized spacial score (nSPS) is 20.7. The molecular formula is C14H14ClNO2S. The summed E-state index contributed by atoms with van der Waals surface area (Å²) >= 11 is 7.36. The SMILES string of the molecule is O=C1CCCCCC1Sc1nc2ccc(Cl)cc2o1. The van der Waals surface area contributed by atoms with E-state index in [0.717, 1.165) is 31.2 Å². The summed E-state index contributed by atoms with van der Waals surface area (Å²) in [6, 6.07) is 5.38. The van der Waals surface area contributed by atoms with Crippen LogP contribution in [0.2, 0.25) is 5.02 Å². The van der Waals surface area contributed by atoms with E-state index in [4.69, 9.17) is 16.0 Å². The molecule has 1 saturated carbocycles. The van der Waals surface area contributed by atoms with Gasteiger partial charge in [-0.2, -0.15) is 0 Å². The zero-order valence-corrected chi connectivity index (χ0v) is 12.0. The van der Waals surface area contributed by atoms with Crippen molar-refractivity contribution in [3.8, 4) is 0 Å². The number of carbonyl (C=O) groups is 1. The van der Waals surface area contributed by atoms with Gasteiger partial charge in [0.1, 0.15) is 11.3 Å². The molecule has 1 aromatic heterocycles. The minimum atomic E-state index is -0.00830. The predicted molar refractivity (Wildman–Crippen MR) is 76.8 cm³/mol. The van der Waals surface area contributed by atoms with E-state index < -0.39 is 0 Å². The van der Waals surface area contributed by atoms with Gasteiger partial charge in [-0.3, -0.25) is 4.79 Å². The summed E-state index contributed by atoms with van der Waals surface area (Å²) in [4.78, 5) is 16.4. The Labute approximate surface area is 120 Å². The van der Waals surface area contributed by atoms with E-state index in [1.165, 1.54) is 11.8 Å². The van der Waals surface area contributed by atoms with Crippen LogP contribution in [0.4, 0.5) is 0 Å². The Hall–Kier alpha value is -1.00. The van der Waals surface area contributed by atoms with E-state index in [2.05, 4.69) is 4.98 Å². The number of hydrogen-bond acceptors (Lipinski definition) is 4. The molecule has 1 fully saturated rings. The first-order chi connectivity index (χ1) is 9.22. The number of halogens is 1. The molecular weight excluding hydrogens is 282 g/mol. The maximum Gasteiger partial charge on any atom is 0.257 e. The highest BCUT2D eigenvalue weighted by molar-refractivity contribution is 8.00. The highest BCUT2D eigenvalue weighted by Gasteiger charge is 2.24. The van der Waals surface area contributed by atoms with Gasteiger partial charge in [-0.1, -0.05) is 36.2 Å². The van der Waals surface area contributed by atoms with Crippen molar-refractivity contribution in [2.45, 2.75) is 42.6 Å². The summed E-state index contributed by atoms with van der Waals surface area (Å²) in [6.07, 6.45) is 4.87. The van der Waals surface area contributed by atoms with Gasteiger partial charge in [0.2, 0.25) is 0 Å². The van der Waals surface area contributed by atoms with Crippen molar-refractivity contribution in [1.82, 2.24) is 4.98 Å². The fourth-order valence-electron chi connectivity index (χ4n) is 2.30. The zero-order chi connectivity index (χ0) is 13.2. The van der Waals surface area contributed by atoms with Crippen LogP contribution in [0.5, 0.6) is 0 Å². The second-order valence-electron chi connectivity index (χ2n) is 4.76. The number of fused-ring (bicyclic) bond motifs is 1. The summed E-state index contributed by atoms with van der Waals surface area (Å²) < 4.78 is 5.66. The van der Waals surface area contributed by atoms with Crippen molar-refractivity contribution in [1.29, 1.82) is 0 Å². The standard InChI is InChI=1S/C14H14ClNO2S/c15-9-6-7-10-12(8-9)18-14(16-10)19-13-5-3-1-2-4-11(13)17/h6-8,13H,1-5H2. The first kappa shape index (κ1) is 13.0. The number of aromatic nitrogens is 1. The molecule has 5 heteroatoms. The van der Waals surface area contributed by atoms with Crippen LogP contribution in [0.15, 0.2) is 27.8 Å². The van der Waals surface area contributed by atoms with Crippen molar-refractivity contribution < 1.29 is 9.21 Å². The lowest BCUT2D eigenvalue weighted by molar-refractivity contribution is -0.118. The molecule has 0 bridgehead atoms. The molecule has 100 valence electrons. The molecule has 3 rings (SSSR count). The number of carbonyl (C=O) groups excluding carboxylic acids is 1. The van der Waals surface area contributed by atoms with E-state index in [9.17, 15) is 4.79 Å². The summed E-state index contributed by atoms with van der Waals surface area (Å²) in [5.74, 6) is 0.322. The lowest BCUT2D eigenvalue weighted by Gasteiger charge is -2.08. The molecule has 1 heterocycles. The van der Waals surface area contributed by atoms with Crippen LogP contribution in [0.25, 0.3) is 11.1 Å². The first-order valence-corrected chi connectivity index (χ1v) is 7.73. The highest BCUT2D eigenvalue weighted by Crippen LogP contribution is 2.32. The molecule has 0 saturated heterocycles. The lowest BCUT2D eigenvalue weighted by atomic mass is 10.2. The Bertz CT molecular complexity index is 611. The van der Waals surface area contributed by atoms with Crippen LogP contribution in [-0.4, -0.2) is 16.0 Å². The van der Waals surface area contributed by atoms with Crippen LogP contribution in [-0.2, 0) is 4.79 Å². The predicted octanol–water partition coefficient (Wildman–Crippen LogP) is 4.48. The monoisotopic (exact) mass is 295 g/mol. The maximum atomic E-state index is 12.0. The van der Waals surface area contributed by atoms with Crippen LogP contribution < -0.4 is 0 Å². The third-order valence-electron chi connectivity index (χ3n) is 3.32. The van der Waals surface area contributed by atoms with E-state index in [-0.39, 0.29) is 5.25 Å². The van der Waals surface area contributed by atoms with Gasteiger partial charge in [0.15, 0.2) is 5.58 Å². The lowest BCUT2D eigenvalue weighted by Crippen LogP contribution is -2.14. The largest absolute Gasteiger partial charge is 0.431 e. The number of ketones is 1. The van der Waals surface area contributed by atoms with Gasteiger partial charge in [-0.05, 0) is 25.0 Å². The fourth-order valence-corrected chi connectivity index (χ4v) is 3.53. The maximum absolute atomic E-state index is 12.0. The Kier molecular flexibility index (Phi) is 3.80.